The molecule has 0 N–H and O–H groups in total. The summed E-state index contributed by atoms with van der Waals surface area (Å²) >= 11 is 5.53. The van der Waals surface area contributed by atoms with Crippen LogP contribution in [-0.2, 0) is 10.0 Å². The molecule has 90 valence electrons. The second-order valence-corrected chi connectivity index (χ2v) is 7.43. The Morgan fingerprint density at radius 2 is 2.00 bits per heavy atom. The summed E-state index contributed by atoms with van der Waals surface area (Å²) in [7, 11) is -3.03. The van der Waals surface area contributed by atoms with Gasteiger partial charge in [-0.05, 0) is 24.7 Å². The van der Waals surface area contributed by atoms with E-state index in [4.69, 9.17) is 11.6 Å². The van der Waals surface area contributed by atoms with Crippen LogP contribution in [0.4, 0.5) is 0 Å². The van der Waals surface area contributed by atoms with Gasteiger partial charge in [0.15, 0.2) is 0 Å². The van der Waals surface area contributed by atoms with Crippen molar-refractivity contribution in [2.75, 3.05) is 24.7 Å². The van der Waals surface area contributed by atoms with Gasteiger partial charge in [0.1, 0.15) is 0 Å². The number of halogens is 1. The van der Waals surface area contributed by atoms with Crippen LogP contribution in [0.15, 0.2) is 0 Å². The second kappa shape index (κ2) is 5.02. The molecule has 0 aromatic rings. The molecule has 1 fully saturated rings. The third kappa shape index (κ3) is 3.93. The lowest BCUT2D eigenvalue weighted by molar-refractivity contribution is 0.375. The molecular formula is C10H20ClNO2S. The fourth-order valence-corrected chi connectivity index (χ4v) is 3.74. The lowest BCUT2D eigenvalue weighted by atomic mass is 9.93. The van der Waals surface area contributed by atoms with Crippen molar-refractivity contribution in [1.29, 1.82) is 0 Å². The van der Waals surface area contributed by atoms with E-state index in [2.05, 4.69) is 13.8 Å². The molecular weight excluding hydrogens is 234 g/mol. The number of alkyl halides is 1. The molecule has 0 radical (unpaired) electrons. The lowest BCUT2D eigenvalue weighted by Gasteiger charge is -2.19. The summed E-state index contributed by atoms with van der Waals surface area (Å²) in [6.07, 6.45) is 2.41. The minimum absolute atomic E-state index is 0.138. The number of sulfonamides is 1. The molecule has 0 saturated carbocycles. The summed E-state index contributed by atoms with van der Waals surface area (Å²) < 4.78 is 25.4. The fourth-order valence-electron chi connectivity index (χ4n) is 1.81. The maximum absolute atomic E-state index is 11.9. The van der Waals surface area contributed by atoms with Crippen molar-refractivity contribution in [3.8, 4) is 0 Å². The van der Waals surface area contributed by atoms with Gasteiger partial charge in [0.25, 0.3) is 0 Å². The molecule has 1 saturated heterocycles. The van der Waals surface area contributed by atoms with Crippen LogP contribution in [0.3, 0.4) is 0 Å². The highest BCUT2D eigenvalue weighted by Crippen LogP contribution is 2.30. The van der Waals surface area contributed by atoms with Crippen molar-refractivity contribution in [2.24, 2.45) is 5.41 Å². The molecule has 0 aromatic heterocycles. The number of rotatable bonds is 5. The van der Waals surface area contributed by atoms with E-state index in [1.54, 1.807) is 4.31 Å². The first-order valence-corrected chi connectivity index (χ1v) is 7.56. The third-order valence-corrected chi connectivity index (χ3v) is 4.99. The zero-order chi connectivity index (χ0) is 11.5. The minimum Gasteiger partial charge on any atom is -0.212 e. The van der Waals surface area contributed by atoms with Gasteiger partial charge in [-0.2, -0.15) is 0 Å². The van der Waals surface area contributed by atoms with E-state index < -0.39 is 10.0 Å². The average molecular weight is 254 g/mol. The van der Waals surface area contributed by atoms with Crippen LogP contribution in [-0.4, -0.2) is 37.4 Å². The van der Waals surface area contributed by atoms with E-state index in [0.717, 1.165) is 12.8 Å². The van der Waals surface area contributed by atoms with Crippen molar-refractivity contribution in [3.05, 3.63) is 0 Å². The summed E-state index contributed by atoms with van der Waals surface area (Å²) in [4.78, 5) is 0. The smallest absolute Gasteiger partial charge is 0.212 e. The predicted molar refractivity (Wildman–Crippen MR) is 63.7 cm³/mol. The first-order valence-electron chi connectivity index (χ1n) is 5.41. The monoisotopic (exact) mass is 253 g/mol. The van der Waals surface area contributed by atoms with Gasteiger partial charge in [0.05, 0.1) is 5.75 Å². The van der Waals surface area contributed by atoms with Crippen LogP contribution < -0.4 is 0 Å². The number of hydrogen-bond acceptors (Lipinski definition) is 2. The van der Waals surface area contributed by atoms with E-state index in [0.29, 0.717) is 25.4 Å². The number of unbranched alkanes of at least 4 members (excludes halogenated alkanes) is 1. The van der Waals surface area contributed by atoms with Crippen LogP contribution in [0, 0.1) is 5.41 Å². The molecule has 0 spiro atoms. The summed E-state index contributed by atoms with van der Waals surface area (Å²) in [5, 5.41) is 0. The Labute approximate surface area is 97.8 Å². The molecule has 1 aliphatic heterocycles. The molecule has 1 rings (SSSR count). The molecule has 0 amide bonds. The van der Waals surface area contributed by atoms with Gasteiger partial charge >= 0.3 is 0 Å². The predicted octanol–water partition coefficient (Wildman–Crippen LogP) is 2.07. The Hall–Kier alpha value is 0.200. The zero-order valence-corrected chi connectivity index (χ0v) is 11.1. The van der Waals surface area contributed by atoms with E-state index in [1.807, 2.05) is 0 Å². The SMILES string of the molecule is CC1(C)CCN(S(=O)(=O)CCCCCl)C1. The Morgan fingerprint density at radius 3 is 2.47 bits per heavy atom. The molecule has 0 atom stereocenters. The molecule has 1 aliphatic rings. The van der Waals surface area contributed by atoms with Gasteiger partial charge in [0, 0.05) is 19.0 Å². The van der Waals surface area contributed by atoms with Crippen molar-refractivity contribution in [3.63, 3.8) is 0 Å². The highest BCUT2D eigenvalue weighted by atomic mass is 35.5. The normalized spacial score (nSPS) is 22.1. The Kier molecular flexibility index (Phi) is 4.44. The van der Waals surface area contributed by atoms with Crippen LogP contribution in [0.25, 0.3) is 0 Å². The van der Waals surface area contributed by atoms with E-state index in [9.17, 15) is 8.42 Å². The topological polar surface area (TPSA) is 37.4 Å². The summed E-state index contributed by atoms with van der Waals surface area (Å²) in [6, 6.07) is 0. The van der Waals surface area contributed by atoms with E-state index in [1.165, 1.54) is 0 Å². The molecule has 0 aromatic carbocycles. The van der Waals surface area contributed by atoms with Crippen LogP contribution >= 0.6 is 11.6 Å². The van der Waals surface area contributed by atoms with Crippen LogP contribution in [0.5, 0.6) is 0 Å². The third-order valence-electron chi connectivity index (χ3n) is 2.82. The first kappa shape index (κ1) is 13.3. The summed E-state index contributed by atoms with van der Waals surface area (Å²) in [6.45, 7) is 5.56. The molecule has 0 aliphatic carbocycles. The Balaban J connectivity index is 2.49. The van der Waals surface area contributed by atoms with Gasteiger partial charge in [-0.15, -0.1) is 11.6 Å². The van der Waals surface area contributed by atoms with Gasteiger partial charge in [-0.1, -0.05) is 13.8 Å². The quantitative estimate of drug-likeness (QED) is 0.556. The van der Waals surface area contributed by atoms with Crippen molar-refractivity contribution in [2.45, 2.75) is 33.1 Å². The molecule has 5 heteroatoms. The van der Waals surface area contributed by atoms with Gasteiger partial charge in [-0.3, -0.25) is 0 Å². The molecule has 0 bridgehead atoms. The van der Waals surface area contributed by atoms with Crippen LogP contribution in [0.2, 0.25) is 0 Å². The van der Waals surface area contributed by atoms with Crippen molar-refractivity contribution in [1.82, 2.24) is 4.31 Å². The minimum atomic E-state index is -3.03. The fraction of sp³-hybridized carbons (Fsp3) is 1.00. The molecule has 15 heavy (non-hydrogen) atoms. The van der Waals surface area contributed by atoms with Gasteiger partial charge in [-0.25, -0.2) is 12.7 Å². The number of hydrogen-bond donors (Lipinski definition) is 0. The lowest BCUT2D eigenvalue weighted by Crippen LogP contribution is -2.32. The van der Waals surface area contributed by atoms with E-state index in [-0.39, 0.29) is 11.2 Å². The summed E-state index contributed by atoms with van der Waals surface area (Å²) in [5.41, 5.74) is 0.138. The Morgan fingerprint density at radius 1 is 1.33 bits per heavy atom. The Bertz CT molecular complexity index is 301. The molecule has 0 unspecified atom stereocenters. The number of nitrogens with zero attached hydrogens (tertiary/aromatic N) is 1. The first-order chi connectivity index (χ1) is 6.87. The zero-order valence-electron chi connectivity index (χ0n) is 9.50. The van der Waals surface area contributed by atoms with Crippen LogP contribution in [0.1, 0.15) is 33.1 Å². The van der Waals surface area contributed by atoms with Gasteiger partial charge < -0.3 is 0 Å². The molecule has 3 nitrogen and oxygen atoms in total. The standard InChI is InChI=1S/C10H20ClNO2S/c1-10(2)5-7-12(9-10)15(13,14)8-4-3-6-11/h3-9H2,1-2H3. The highest BCUT2D eigenvalue weighted by molar-refractivity contribution is 7.89. The van der Waals surface area contributed by atoms with E-state index >= 15 is 0 Å². The van der Waals surface area contributed by atoms with Crippen molar-refractivity contribution < 1.29 is 8.42 Å². The second-order valence-electron chi connectivity index (χ2n) is 4.96. The molecule has 1 heterocycles. The maximum atomic E-state index is 11.9. The average Bonchev–Trinajstić information content (AvgIpc) is 2.47. The highest BCUT2D eigenvalue weighted by Gasteiger charge is 2.35. The summed E-state index contributed by atoms with van der Waals surface area (Å²) in [5.74, 6) is 0.789. The van der Waals surface area contributed by atoms with Gasteiger partial charge in [0.2, 0.25) is 10.0 Å². The van der Waals surface area contributed by atoms with Crippen molar-refractivity contribution >= 4 is 21.6 Å². The largest absolute Gasteiger partial charge is 0.214 e. The maximum Gasteiger partial charge on any atom is 0.214 e.